The van der Waals surface area contributed by atoms with E-state index in [1.807, 2.05) is 31.2 Å². The summed E-state index contributed by atoms with van der Waals surface area (Å²) in [5.41, 5.74) is 0.947. The molecule has 2 unspecified atom stereocenters. The molecular formula is C15H20N2O3. The lowest BCUT2D eigenvalue weighted by molar-refractivity contribution is -0.129. The molecule has 108 valence electrons. The molecule has 0 radical (unpaired) electrons. The highest BCUT2D eigenvalue weighted by atomic mass is 16.5. The molecule has 0 aromatic heterocycles. The zero-order chi connectivity index (χ0) is 14.5. The normalized spacial score (nSPS) is 19.9. The van der Waals surface area contributed by atoms with E-state index in [0.717, 1.165) is 11.3 Å². The van der Waals surface area contributed by atoms with Crippen molar-refractivity contribution in [2.75, 3.05) is 13.7 Å². The topological polar surface area (TPSA) is 67.4 Å². The van der Waals surface area contributed by atoms with Crippen LogP contribution in [0.25, 0.3) is 0 Å². The van der Waals surface area contributed by atoms with Crippen LogP contribution in [0.1, 0.15) is 31.4 Å². The lowest BCUT2D eigenvalue weighted by Gasteiger charge is -2.24. The first kappa shape index (κ1) is 14.4. The van der Waals surface area contributed by atoms with Crippen molar-refractivity contribution in [2.45, 2.75) is 25.8 Å². The zero-order valence-electron chi connectivity index (χ0n) is 11.8. The van der Waals surface area contributed by atoms with Gasteiger partial charge in [0, 0.05) is 18.5 Å². The van der Waals surface area contributed by atoms with Crippen LogP contribution in [0.3, 0.4) is 0 Å². The number of benzene rings is 1. The third kappa shape index (κ3) is 3.29. The number of hydrogen-bond acceptors (Lipinski definition) is 3. The second-order valence-electron chi connectivity index (χ2n) is 5.01. The maximum absolute atomic E-state index is 12.2. The molecule has 1 aromatic rings. The van der Waals surface area contributed by atoms with E-state index in [2.05, 4.69) is 10.6 Å². The van der Waals surface area contributed by atoms with Gasteiger partial charge < -0.3 is 15.4 Å². The summed E-state index contributed by atoms with van der Waals surface area (Å²) in [5, 5.41) is 5.71. The van der Waals surface area contributed by atoms with Gasteiger partial charge in [-0.1, -0.05) is 18.2 Å². The number of carbonyl (C=O) groups excluding carboxylic acids is 2. The van der Waals surface area contributed by atoms with E-state index >= 15 is 0 Å². The zero-order valence-corrected chi connectivity index (χ0v) is 11.8. The Morgan fingerprint density at radius 3 is 2.85 bits per heavy atom. The molecule has 5 heteroatoms. The van der Waals surface area contributed by atoms with Crippen LogP contribution in [-0.4, -0.2) is 25.5 Å². The average molecular weight is 276 g/mol. The molecular weight excluding hydrogens is 256 g/mol. The molecule has 1 aliphatic rings. The van der Waals surface area contributed by atoms with E-state index in [1.165, 1.54) is 0 Å². The quantitative estimate of drug-likeness (QED) is 0.873. The number of ether oxygens (including phenoxy) is 1. The highest BCUT2D eigenvalue weighted by Crippen LogP contribution is 2.25. The van der Waals surface area contributed by atoms with Gasteiger partial charge in [-0.3, -0.25) is 9.59 Å². The van der Waals surface area contributed by atoms with Crippen LogP contribution in [0, 0.1) is 5.92 Å². The Balaban J connectivity index is 1.98. The first-order chi connectivity index (χ1) is 9.61. The molecule has 2 atom stereocenters. The van der Waals surface area contributed by atoms with Gasteiger partial charge in [0.1, 0.15) is 5.75 Å². The lowest BCUT2D eigenvalue weighted by atomic mass is 9.97. The number of methoxy groups -OCH3 is 1. The Morgan fingerprint density at radius 1 is 1.45 bits per heavy atom. The number of amides is 2. The minimum absolute atomic E-state index is 0.0202. The van der Waals surface area contributed by atoms with Crippen molar-refractivity contribution >= 4 is 11.8 Å². The molecule has 20 heavy (non-hydrogen) atoms. The molecule has 1 fully saturated rings. The number of nitrogens with one attached hydrogen (secondary N) is 2. The minimum Gasteiger partial charge on any atom is -0.496 e. The second kappa shape index (κ2) is 6.41. The van der Waals surface area contributed by atoms with Crippen molar-refractivity contribution in [1.82, 2.24) is 10.6 Å². The number of hydrogen-bond donors (Lipinski definition) is 2. The Morgan fingerprint density at radius 2 is 2.20 bits per heavy atom. The lowest BCUT2D eigenvalue weighted by Crippen LogP contribution is -2.43. The maximum Gasteiger partial charge on any atom is 0.225 e. The van der Waals surface area contributed by atoms with Crippen LogP contribution in [0.15, 0.2) is 24.3 Å². The Kier molecular flexibility index (Phi) is 4.61. The summed E-state index contributed by atoms with van der Waals surface area (Å²) in [7, 11) is 1.62. The van der Waals surface area contributed by atoms with Gasteiger partial charge in [-0.15, -0.1) is 0 Å². The molecule has 0 spiro atoms. The van der Waals surface area contributed by atoms with Gasteiger partial charge in [0.2, 0.25) is 11.8 Å². The fraction of sp³-hybridized carbons (Fsp3) is 0.467. The van der Waals surface area contributed by atoms with Crippen LogP contribution in [-0.2, 0) is 9.59 Å². The van der Waals surface area contributed by atoms with Gasteiger partial charge in [-0.25, -0.2) is 0 Å². The SMILES string of the molecule is COc1ccccc1C(C)NC(=O)C1CCC(=O)NC1. The highest BCUT2D eigenvalue weighted by Gasteiger charge is 2.25. The molecule has 0 aliphatic carbocycles. The van der Waals surface area contributed by atoms with E-state index in [0.29, 0.717) is 19.4 Å². The van der Waals surface area contributed by atoms with Crippen LogP contribution >= 0.6 is 0 Å². The van der Waals surface area contributed by atoms with E-state index in [1.54, 1.807) is 7.11 Å². The first-order valence-electron chi connectivity index (χ1n) is 6.81. The molecule has 1 saturated heterocycles. The van der Waals surface area contributed by atoms with E-state index in [4.69, 9.17) is 4.74 Å². The van der Waals surface area contributed by atoms with Crippen molar-refractivity contribution in [3.8, 4) is 5.75 Å². The summed E-state index contributed by atoms with van der Waals surface area (Å²) in [6.45, 7) is 2.35. The van der Waals surface area contributed by atoms with Crippen molar-refractivity contribution in [1.29, 1.82) is 0 Å². The van der Waals surface area contributed by atoms with E-state index in [9.17, 15) is 9.59 Å². The predicted octanol–water partition coefficient (Wildman–Crippen LogP) is 1.40. The van der Waals surface area contributed by atoms with Crippen molar-refractivity contribution in [2.24, 2.45) is 5.92 Å². The summed E-state index contributed by atoms with van der Waals surface area (Å²) >= 11 is 0. The van der Waals surface area contributed by atoms with E-state index < -0.39 is 0 Å². The van der Waals surface area contributed by atoms with Crippen LogP contribution in [0.5, 0.6) is 5.75 Å². The number of piperidine rings is 1. The Labute approximate surface area is 118 Å². The number of carbonyl (C=O) groups is 2. The van der Waals surface area contributed by atoms with Crippen LogP contribution in [0.2, 0.25) is 0 Å². The van der Waals surface area contributed by atoms with Gasteiger partial charge in [-0.05, 0) is 19.4 Å². The Hall–Kier alpha value is -2.04. The van der Waals surface area contributed by atoms with Crippen molar-refractivity contribution in [3.05, 3.63) is 29.8 Å². The van der Waals surface area contributed by atoms with Crippen LogP contribution < -0.4 is 15.4 Å². The van der Waals surface area contributed by atoms with Gasteiger partial charge in [0.25, 0.3) is 0 Å². The monoisotopic (exact) mass is 276 g/mol. The second-order valence-corrected chi connectivity index (χ2v) is 5.01. The third-order valence-corrected chi connectivity index (χ3v) is 3.60. The fourth-order valence-electron chi connectivity index (χ4n) is 2.39. The maximum atomic E-state index is 12.2. The van der Waals surface area contributed by atoms with Gasteiger partial charge >= 0.3 is 0 Å². The minimum atomic E-state index is -0.148. The average Bonchev–Trinajstić information content (AvgIpc) is 2.47. The molecule has 0 saturated carbocycles. The number of rotatable bonds is 4. The summed E-state index contributed by atoms with van der Waals surface area (Å²) in [5.74, 6) is 0.609. The van der Waals surface area contributed by atoms with Gasteiger partial charge in [0.05, 0.1) is 19.1 Å². The summed E-state index contributed by atoms with van der Waals surface area (Å²) in [6.07, 6.45) is 1.03. The largest absolute Gasteiger partial charge is 0.496 e. The summed E-state index contributed by atoms with van der Waals surface area (Å²) in [4.78, 5) is 23.3. The molecule has 1 aliphatic heterocycles. The molecule has 1 heterocycles. The molecule has 2 N–H and O–H groups in total. The van der Waals surface area contributed by atoms with E-state index in [-0.39, 0.29) is 23.8 Å². The highest BCUT2D eigenvalue weighted by molar-refractivity contribution is 5.84. The van der Waals surface area contributed by atoms with Gasteiger partial charge in [-0.2, -0.15) is 0 Å². The molecule has 5 nitrogen and oxygen atoms in total. The molecule has 0 bridgehead atoms. The first-order valence-corrected chi connectivity index (χ1v) is 6.81. The van der Waals surface area contributed by atoms with Crippen molar-refractivity contribution < 1.29 is 14.3 Å². The van der Waals surface area contributed by atoms with Crippen molar-refractivity contribution in [3.63, 3.8) is 0 Å². The summed E-state index contributed by atoms with van der Waals surface area (Å²) < 4.78 is 5.30. The smallest absolute Gasteiger partial charge is 0.225 e. The predicted molar refractivity (Wildman–Crippen MR) is 75.3 cm³/mol. The molecule has 2 rings (SSSR count). The van der Waals surface area contributed by atoms with Crippen LogP contribution in [0.4, 0.5) is 0 Å². The van der Waals surface area contributed by atoms with Gasteiger partial charge in [0.15, 0.2) is 0 Å². The summed E-state index contributed by atoms with van der Waals surface area (Å²) in [6, 6.07) is 7.50. The third-order valence-electron chi connectivity index (χ3n) is 3.60. The Bertz CT molecular complexity index is 492. The standard InChI is InChI=1S/C15H20N2O3/c1-10(12-5-3-4-6-13(12)20-2)17-15(19)11-7-8-14(18)16-9-11/h3-6,10-11H,7-9H2,1-2H3,(H,16,18)(H,17,19). The fourth-order valence-corrected chi connectivity index (χ4v) is 2.39. The molecule has 1 aromatic carbocycles. The number of para-hydroxylation sites is 1. The molecule has 2 amide bonds.